The largest absolute Gasteiger partial charge is 0.394 e. The third kappa shape index (κ3) is 8.65. The molecule has 8 fully saturated rings. The number of fused-ring (bicyclic) bond motifs is 7. The Kier molecular flexibility index (Phi) is 14.9. The summed E-state index contributed by atoms with van der Waals surface area (Å²) in [5.41, 5.74) is 0.0475. The summed E-state index contributed by atoms with van der Waals surface area (Å²) in [4.78, 5) is 0. The quantitative estimate of drug-likeness (QED) is 0.0909. The van der Waals surface area contributed by atoms with Crippen LogP contribution >= 0.6 is 0 Å². The fourth-order valence-corrected chi connectivity index (χ4v) is 14.2. The van der Waals surface area contributed by atoms with E-state index in [0.717, 1.165) is 44.9 Å². The predicted molar refractivity (Wildman–Crippen MR) is 219 cm³/mol. The molecular formula is C45H76O19. The standard InChI is InChI=1S/C45H76O19/c1-19(18-58-40-37(55)34(52)31(49)27(15-46)60-40)7-12-45(57)20(2)30-26(64-45)14-25-23-6-5-21-13-22(8-10-43(21,3)24(23)9-11-44(25,30)4)59-42-39(36(54)33(51)29(17-48)62-42)63-41-38(56)35(53)32(50)28(16-47)61-41/h19-42,46-57H,5-18H2,1-4H3/t19-,20-,21-,22-,23+,24-,25-,26-,27+,28+,29+,30-,31+,32+,33-,34-,35-,36-,37+,38+,39+,40+,41-,42+,43-,44-,45-/m0/s1. The zero-order valence-corrected chi connectivity index (χ0v) is 37.5. The lowest BCUT2D eigenvalue weighted by Gasteiger charge is -2.61. The highest BCUT2D eigenvalue weighted by molar-refractivity contribution is 5.15. The second-order valence-corrected chi connectivity index (χ2v) is 21.5. The molecule has 0 radical (unpaired) electrons. The van der Waals surface area contributed by atoms with E-state index in [4.69, 9.17) is 33.2 Å². The van der Waals surface area contributed by atoms with Crippen LogP contribution in [0, 0.1) is 52.3 Å². The fraction of sp³-hybridized carbons (Fsp3) is 1.00. The van der Waals surface area contributed by atoms with Crippen molar-refractivity contribution in [1.82, 2.24) is 0 Å². The Morgan fingerprint density at radius 2 is 1.20 bits per heavy atom. The number of aliphatic hydroxyl groups excluding tert-OH is 11. The molecule has 0 aromatic rings. The SMILES string of the molecule is C[C@@H](CC[C@]1(O)O[C@H]2C[C@H]3[C@@H]4CC[C@H]5C[C@@H](O[C@@H]6O[C@H](CO)[C@H](O)[C@H](O)[C@H]6O[C@@H]6O[C@H](CO)[C@@H](O)[C@H](O)[C@H]6O)CC[C@]5(C)[C@H]4CC[C@]3(C)[C@H]2[C@@H]1C)CO[C@@H]1O[C@H](CO)[C@@H](O)[C@H](O)[C@H]1O. The molecule has 64 heavy (non-hydrogen) atoms. The average molecular weight is 921 g/mol. The Balaban J connectivity index is 0.869. The molecule has 0 aromatic carbocycles. The lowest BCUT2D eigenvalue weighted by molar-refractivity contribution is -0.373. The molecule has 0 bridgehead atoms. The molecule has 0 aromatic heterocycles. The van der Waals surface area contributed by atoms with Gasteiger partial charge in [-0.2, -0.15) is 0 Å². The molecule has 0 amide bonds. The van der Waals surface area contributed by atoms with Gasteiger partial charge in [-0.15, -0.1) is 0 Å². The number of rotatable bonds is 13. The van der Waals surface area contributed by atoms with Gasteiger partial charge in [0.25, 0.3) is 0 Å². The highest BCUT2D eigenvalue weighted by Crippen LogP contribution is 2.71. The van der Waals surface area contributed by atoms with Crippen LogP contribution in [-0.2, 0) is 33.2 Å². The fourth-order valence-electron chi connectivity index (χ4n) is 14.2. The maximum atomic E-state index is 12.1. The molecule has 4 aliphatic heterocycles. The van der Waals surface area contributed by atoms with Crippen LogP contribution in [0.3, 0.4) is 0 Å². The summed E-state index contributed by atoms with van der Waals surface area (Å²) in [7, 11) is 0. The van der Waals surface area contributed by atoms with Gasteiger partial charge in [0.05, 0.1) is 38.6 Å². The monoisotopic (exact) mass is 920 g/mol. The average Bonchev–Trinajstić information content (AvgIpc) is 3.71. The highest BCUT2D eigenvalue weighted by atomic mass is 16.8. The van der Waals surface area contributed by atoms with Crippen LogP contribution in [0.15, 0.2) is 0 Å². The first-order valence-electron chi connectivity index (χ1n) is 23.9. The molecule has 27 atom stereocenters. The van der Waals surface area contributed by atoms with E-state index in [-0.39, 0.29) is 47.4 Å². The topological polar surface area (TPSA) is 307 Å². The summed E-state index contributed by atoms with van der Waals surface area (Å²) in [5.74, 6) is 0.532. The van der Waals surface area contributed by atoms with Crippen molar-refractivity contribution >= 4 is 0 Å². The van der Waals surface area contributed by atoms with Crippen molar-refractivity contribution in [2.45, 2.75) is 202 Å². The van der Waals surface area contributed by atoms with Crippen molar-refractivity contribution in [1.29, 1.82) is 0 Å². The van der Waals surface area contributed by atoms with Gasteiger partial charge in [0, 0.05) is 12.3 Å². The second-order valence-electron chi connectivity index (χ2n) is 21.5. The predicted octanol–water partition coefficient (Wildman–Crippen LogP) is -1.78. The number of ether oxygens (including phenoxy) is 7. The molecule has 0 unspecified atom stereocenters. The first-order valence-corrected chi connectivity index (χ1v) is 23.9. The van der Waals surface area contributed by atoms with E-state index in [1.54, 1.807) is 0 Å². The Labute approximate surface area is 374 Å². The van der Waals surface area contributed by atoms with Crippen molar-refractivity contribution in [3.8, 4) is 0 Å². The van der Waals surface area contributed by atoms with E-state index in [1.807, 2.05) is 6.92 Å². The molecule has 4 saturated carbocycles. The van der Waals surface area contributed by atoms with E-state index >= 15 is 0 Å². The van der Waals surface area contributed by atoms with Gasteiger partial charge in [0.2, 0.25) is 0 Å². The summed E-state index contributed by atoms with van der Waals surface area (Å²) in [6.45, 7) is 7.28. The van der Waals surface area contributed by atoms with Crippen molar-refractivity contribution in [2.75, 3.05) is 26.4 Å². The van der Waals surface area contributed by atoms with Crippen LogP contribution in [-0.4, -0.2) is 198 Å². The van der Waals surface area contributed by atoms with E-state index in [2.05, 4.69) is 20.8 Å². The van der Waals surface area contributed by atoms with Gasteiger partial charge in [0.15, 0.2) is 24.7 Å². The minimum Gasteiger partial charge on any atom is -0.394 e. The third-order valence-electron chi connectivity index (χ3n) is 18.0. The maximum absolute atomic E-state index is 12.1. The minimum absolute atomic E-state index is 0.00000712. The highest BCUT2D eigenvalue weighted by Gasteiger charge is 2.68. The number of aliphatic hydroxyl groups is 12. The molecular weight excluding hydrogens is 844 g/mol. The smallest absolute Gasteiger partial charge is 0.187 e. The van der Waals surface area contributed by atoms with Crippen molar-refractivity contribution in [3.63, 3.8) is 0 Å². The second kappa shape index (κ2) is 19.2. The minimum atomic E-state index is -1.75. The first kappa shape index (κ1) is 49.7. The van der Waals surface area contributed by atoms with Gasteiger partial charge in [-0.05, 0) is 104 Å². The summed E-state index contributed by atoms with van der Waals surface area (Å²) in [5, 5.41) is 125. The first-order chi connectivity index (χ1) is 30.3. The van der Waals surface area contributed by atoms with Gasteiger partial charge >= 0.3 is 0 Å². The number of hydrogen-bond acceptors (Lipinski definition) is 19. The summed E-state index contributed by atoms with van der Waals surface area (Å²) < 4.78 is 42.0. The zero-order valence-electron chi connectivity index (χ0n) is 37.5. The molecule has 8 aliphatic rings. The van der Waals surface area contributed by atoms with Gasteiger partial charge in [-0.1, -0.05) is 27.7 Å². The maximum Gasteiger partial charge on any atom is 0.187 e. The van der Waals surface area contributed by atoms with Crippen LogP contribution in [0.2, 0.25) is 0 Å². The lowest BCUT2D eigenvalue weighted by atomic mass is 9.44. The third-order valence-corrected chi connectivity index (χ3v) is 18.0. The summed E-state index contributed by atoms with van der Waals surface area (Å²) in [6.07, 6.45) is -13.7. The van der Waals surface area contributed by atoms with E-state index < -0.39 is 118 Å². The zero-order chi connectivity index (χ0) is 46.2. The van der Waals surface area contributed by atoms with Crippen LogP contribution in [0.4, 0.5) is 0 Å². The lowest BCUT2D eigenvalue weighted by Crippen LogP contribution is -2.65. The molecule has 12 N–H and O–H groups in total. The van der Waals surface area contributed by atoms with Crippen molar-refractivity contribution in [3.05, 3.63) is 0 Å². The Morgan fingerprint density at radius 3 is 1.84 bits per heavy atom. The number of hydrogen-bond donors (Lipinski definition) is 12. The summed E-state index contributed by atoms with van der Waals surface area (Å²) in [6, 6.07) is 0. The van der Waals surface area contributed by atoms with Gasteiger partial charge in [0.1, 0.15) is 73.2 Å². The Bertz CT molecular complexity index is 1560. The van der Waals surface area contributed by atoms with Crippen molar-refractivity contribution < 1.29 is 94.4 Å². The molecule has 0 spiro atoms. The molecule has 4 aliphatic carbocycles. The van der Waals surface area contributed by atoms with Gasteiger partial charge in [-0.3, -0.25) is 0 Å². The molecule has 8 rings (SSSR count). The van der Waals surface area contributed by atoms with Crippen LogP contribution in [0.1, 0.15) is 91.9 Å². The van der Waals surface area contributed by atoms with E-state index in [1.165, 1.54) is 0 Å². The van der Waals surface area contributed by atoms with Crippen LogP contribution < -0.4 is 0 Å². The van der Waals surface area contributed by atoms with E-state index in [9.17, 15) is 61.3 Å². The molecule has 4 heterocycles. The molecule has 370 valence electrons. The van der Waals surface area contributed by atoms with E-state index in [0.29, 0.717) is 42.9 Å². The Hall–Kier alpha value is -0.760. The van der Waals surface area contributed by atoms with Crippen molar-refractivity contribution in [2.24, 2.45) is 52.3 Å². The Morgan fingerprint density at radius 1 is 0.625 bits per heavy atom. The van der Waals surface area contributed by atoms with Gasteiger partial charge in [-0.25, -0.2) is 0 Å². The molecule has 19 nitrogen and oxygen atoms in total. The van der Waals surface area contributed by atoms with Crippen LogP contribution in [0.25, 0.3) is 0 Å². The summed E-state index contributed by atoms with van der Waals surface area (Å²) >= 11 is 0. The normalized spacial score (nSPS) is 55.6. The van der Waals surface area contributed by atoms with Gasteiger partial charge < -0.3 is 94.4 Å². The molecule has 19 heteroatoms. The van der Waals surface area contributed by atoms with Crippen LogP contribution in [0.5, 0.6) is 0 Å². The molecule has 4 saturated heterocycles.